The Bertz CT molecular complexity index is 1040. The van der Waals surface area contributed by atoms with Gasteiger partial charge >= 0.3 is 6.01 Å². The zero-order valence-electron chi connectivity index (χ0n) is 14.7. The standard InChI is InChI=1S/C19H18N4O4/c1-11-5-6-14-12(10-11)21-18(27-14)22-17(26)19(7-3-8-19)23-16(25)15-13(24)4-2-9-20-15/h2,4-6,9-10,24H,3,7-8H2,1H3,(H,23,25)(H,21,22,26). The molecule has 0 spiro atoms. The topological polar surface area (TPSA) is 117 Å². The largest absolute Gasteiger partial charge is 0.505 e. The van der Waals surface area contributed by atoms with Crippen molar-refractivity contribution in [1.29, 1.82) is 0 Å². The molecule has 3 N–H and O–H groups in total. The number of nitrogens with one attached hydrogen (secondary N) is 2. The summed E-state index contributed by atoms with van der Waals surface area (Å²) in [5.74, 6) is -1.24. The van der Waals surface area contributed by atoms with E-state index in [1.54, 1.807) is 6.07 Å². The number of aryl methyl sites for hydroxylation is 1. The molecule has 1 aromatic carbocycles. The van der Waals surface area contributed by atoms with Gasteiger partial charge in [-0.15, -0.1) is 0 Å². The Kier molecular flexibility index (Phi) is 4.02. The molecule has 0 unspecified atom stereocenters. The van der Waals surface area contributed by atoms with Crippen molar-refractivity contribution in [3.8, 4) is 5.75 Å². The molecular formula is C19H18N4O4. The van der Waals surface area contributed by atoms with Gasteiger partial charge in [0, 0.05) is 6.20 Å². The molecule has 0 aliphatic heterocycles. The van der Waals surface area contributed by atoms with E-state index in [1.807, 2.05) is 19.1 Å². The second-order valence-electron chi connectivity index (χ2n) is 6.71. The first kappa shape index (κ1) is 17.0. The molecule has 0 saturated heterocycles. The quantitative estimate of drug-likeness (QED) is 0.653. The van der Waals surface area contributed by atoms with Gasteiger partial charge in [-0.1, -0.05) is 6.07 Å². The van der Waals surface area contributed by atoms with E-state index >= 15 is 0 Å². The van der Waals surface area contributed by atoms with Crippen LogP contribution in [0.5, 0.6) is 5.75 Å². The third-order valence-corrected chi connectivity index (χ3v) is 4.76. The molecule has 2 heterocycles. The average Bonchev–Trinajstić information content (AvgIpc) is 2.99. The number of carbonyl (C=O) groups excluding carboxylic acids is 2. The van der Waals surface area contributed by atoms with Gasteiger partial charge in [0.25, 0.3) is 11.8 Å². The SMILES string of the molecule is Cc1ccc2oc(NC(=O)C3(NC(=O)c4ncccc4O)CCC3)nc2c1. The molecule has 2 aromatic heterocycles. The first-order valence-electron chi connectivity index (χ1n) is 8.62. The maximum absolute atomic E-state index is 12.8. The third-order valence-electron chi connectivity index (χ3n) is 4.76. The summed E-state index contributed by atoms with van der Waals surface area (Å²) in [5, 5.41) is 15.2. The monoisotopic (exact) mass is 366 g/mol. The molecule has 1 fully saturated rings. The Morgan fingerprint density at radius 2 is 2.07 bits per heavy atom. The number of amides is 2. The number of carbonyl (C=O) groups is 2. The number of hydrogen-bond donors (Lipinski definition) is 3. The maximum Gasteiger partial charge on any atom is 0.302 e. The summed E-state index contributed by atoms with van der Waals surface area (Å²) >= 11 is 0. The van der Waals surface area contributed by atoms with E-state index in [9.17, 15) is 14.7 Å². The molecule has 0 bridgehead atoms. The summed E-state index contributed by atoms with van der Waals surface area (Å²) in [7, 11) is 0. The van der Waals surface area contributed by atoms with Crippen LogP contribution in [0.25, 0.3) is 11.1 Å². The van der Waals surface area contributed by atoms with Crippen LogP contribution in [0.4, 0.5) is 6.01 Å². The van der Waals surface area contributed by atoms with Gasteiger partial charge in [0.15, 0.2) is 11.3 Å². The lowest BCUT2D eigenvalue weighted by molar-refractivity contribution is -0.125. The molecule has 4 rings (SSSR count). The summed E-state index contributed by atoms with van der Waals surface area (Å²) in [4.78, 5) is 33.4. The summed E-state index contributed by atoms with van der Waals surface area (Å²) in [6, 6.07) is 8.52. The Morgan fingerprint density at radius 3 is 2.78 bits per heavy atom. The van der Waals surface area contributed by atoms with E-state index in [0.717, 1.165) is 12.0 Å². The second-order valence-corrected chi connectivity index (χ2v) is 6.71. The van der Waals surface area contributed by atoms with Crippen molar-refractivity contribution < 1.29 is 19.1 Å². The van der Waals surface area contributed by atoms with Crippen molar-refractivity contribution in [2.75, 3.05) is 5.32 Å². The van der Waals surface area contributed by atoms with Crippen LogP contribution in [0.2, 0.25) is 0 Å². The lowest BCUT2D eigenvalue weighted by atomic mass is 9.75. The lowest BCUT2D eigenvalue weighted by Crippen LogP contribution is -2.61. The number of nitrogens with zero attached hydrogens (tertiary/aromatic N) is 2. The van der Waals surface area contributed by atoms with Crippen LogP contribution in [0.1, 0.15) is 35.3 Å². The maximum atomic E-state index is 12.8. The Balaban J connectivity index is 1.53. The average molecular weight is 366 g/mol. The number of rotatable bonds is 4. The number of aromatic hydroxyl groups is 1. The zero-order valence-corrected chi connectivity index (χ0v) is 14.7. The summed E-state index contributed by atoms with van der Waals surface area (Å²) in [5.41, 5.74) is 1.06. The van der Waals surface area contributed by atoms with Gasteiger partial charge in [-0.05, 0) is 56.0 Å². The van der Waals surface area contributed by atoms with E-state index in [4.69, 9.17) is 4.42 Å². The first-order valence-corrected chi connectivity index (χ1v) is 8.62. The minimum atomic E-state index is -1.07. The highest BCUT2D eigenvalue weighted by Crippen LogP contribution is 2.34. The minimum absolute atomic E-state index is 0.0850. The van der Waals surface area contributed by atoms with Crippen molar-refractivity contribution in [1.82, 2.24) is 15.3 Å². The third kappa shape index (κ3) is 3.10. The Morgan fingerprint density at radius 1 is 1.26 bits per heavy atom. The Hall–Kier alpha value is -3.42. The molecule has 8 nitrogen and oxygen atoms in total. The first-order chi connectivity index (χ1) is 13.0. The van der Waals surface area contributed by atoms with Gasteiger partial charge in [0.05, 0.1) is 0 Å². The van der Waals surface area contributed by atoms with Gasteiger partial charge < -0.3 is 14.8 Å². The number of anilines is 1. The highest BCUT2D eigenvalue weighted by molar-refractivity contribution is 6.04. The van der Waals surface area contributed by atoms with Gasteiger partial charge in [0.1, 0.15) is 16.8 Å². The smallest absolute Gasteiger partial charge is 0.302 e. The van der Waals surface area contributed by atoms with Crippen molar-refractivity contribution in [2.45, 2.75) is 31.7 Å². The molecule has 27 heavy (non-hydrogen) atoms. The highest BCUT2D eigenvalue weighted by Gasteiger charge is 2.46. The van der Waals surface area contributed by atoms with Gasteiger partial charge in [-0.2, -0.15) is 4.98 Å². The van der Waals surface area contributed by atoms with Crippen LogP contribution in [0, 0.1) is 6.92 Å². The van der Waals surface area contributed by atoms with E-state index in [-0.39, 0.29) is 17.5 Å². The van der Waals surface area contributed by atoms with Crippen molar-refractivity contribution >= 4 is 28.9 Å². The van der Waals surface area contributed by atoms with Crippen molar-refractivity contribution in [3.63, 3.8) is 0 Å². The van der Waals surface area contributed by atoms with E-state index in [0.29, 0.717) is 23.9 Å². The van der Waals surface area contributed by atoms with Crippen LogP contribution in [0.3, 0.4) is 0 Å². The van der Waals surface area contributed by atoms with Gasteiger partial charge in [0.2, 0.25) is 0 Å². The number of hydrogen-bond acceptors (Lipinski definition) is 6. The molecule has 0 atom stereocenters. The normalized spacial score (nSPS) is 15.1. The van der Waals surface area contributed by atoms with Gasteiger partial charge in [-0.25, -0.2) is 4.98 Å². The lowest BCUT2D eigenvalue weighted by Gasteiger charge is -2.40. The number of pyridine rings is 1. The van der Waals surface area contributed by atoms with Crippen molar-refractivity contribution in [2.24, 2.45) is 0 Å². The summed E-state index contributed by atoms with van der Waals surface area (Å²) in [6.45, 7) is 1.94. The molecular weight excluding hydrogens is 348 g/mol. The molecule has 2 amide bonds. The molecule has 138 valence electrons. The fourth-order valence-corrected chi connectivity index (χ4v) is 3.10. The number of oxazole rings is 1. The van der Waals surface area contributed by atoms with E-state index < -0.39 is 17.4 Å². The van der Waals surface area contributed by atoms with Gasteiger partial charge in [-0.3, -0.25) is 14.9 Å². The minimum Gasteiger partial charge on any atom is -0.505 e. The zero-order chi connectivity index (χ0) is 19.0. The predicted molar refractivity (Wildman–Crippen MR) is 97.3 cm³/mol. The van der Waals surface area contributed by atoms with Crippen LogP contribution < -0.4 is 10.6 Å². The van der Waals surface area contributed by atoms with Crippen LogP contribution in [-0.2, 0) is 4.79 Å². The molecule has 8 heteroatoms. The number of aromatic nitrogens is 2. The molecule has 3 aromatic rings. The highest BCUT2D eigenvalue weighted by atomic mass is 16.4. The molecule has 1 aliphatic carbocycles. The number of benzene rings is 1. The number of fused-ring (bicyclic) bond motifs is 1. The second kappa shape index (κ2) is 6.39. The molecule has 0 radical (unpaired) electrons. The molecule has 1 aliphatic rings. The van der Waals surface area contributed by atoms with Crippen molar-refractivity contribution in [3.05, 3.63) is 47.8 Å². The molecule has 1 saturated carbocycles. The summed E-state index contributed by atoms with van der Waals surface area (Å²) in [6.07, 6.45) is 3.17. The summed E-state index contributed by atoms with van der Waals surface area (Å²) < 4.78 is 5.56. The fourth-order valence-electron chi connectivity index (χ4n) is 3.10. The van der Waals surface area contributed by atoms with E-state index in [2.05, 4.69) is 20.6 Å². The van der Waals surface area contributed by atoms with Crippen LogP contribution in [-0.4, -0.2) is 32.4 Å². The van der Waals surface area contributed by atoms with Crippen LogP contribution in [0.15, 0.2) is 40.9 Å². The predicted octanol–water partition coefficient (Wildman–Crippen LogP) is 2.53. The van der Waals surface area contributed by atoms with E-state index in [1.165, 1.54) is 18.3 Å². The fraction of sp³-hybridized carbons (Fsp3) is 0.263. The van der Waals surface area contributed by atoms with Crippen LogP contribution >= 0.6 is 0 Å². The Labute approximate surface area is 154 Å².